The van der Waals surface area contributed by atoms with Crippen LogP contribution in [0.1, 0.15) is 35.1 Å². The van der Waals surface area contributed by atoms with Crippen LogP contribution in [0.2, 0.25) is 0 Å². The van der Waals surface area contributed by atoms with Crippen molar-refractivity contribution in [2.75, 3.05) is 0 Å². The Morgan fingerprint density at radius 2 is 2.00 bits per heavy atom. The van der Waals surface area contributed by atoms with Crippen molar-refractivity contribution in [1.29, 1.82) is 0 Å². The van der Waals surface area contributed by atoms with Crippen LogP contribution in [0.25, 0.3) is 0 Å². The first-order valence-corrected chi connectivity index (χ1v) is 8.29. The second-order valence-electron chi connectivity index (χ2n) is 6.16. The molecule has 0 aliphatic heterocycles. The minimum Gasteiger partial charge on any atom is -0.323 e. The molecule has 1 aromatic heterocycles. The summed E-state index contributed by atoms with van der Waals surface area (Å²) in [7, 11) is 0. The lowest BCUT2D eigenvalue weighted by atomic mass is 9.97. The normalized spacial score (nSPS) is 43.8. The lowest BCUT2D eigenvalue weighted by Crippen LogP contribution is -2.16. The molecule has 3 heteroatoms. The van der Waals surface area contributed by atoms with Gasteiger partial charge >= 0.3 is 0 Å². The molecule has 1 aromatic rings. The van der Waals surface area contributed by atoms with Crippen LogP contribution in [0.4, 0.5) is 0 Å². The molecular weight excluding hydrogens is 294 g/mol. The van der Waals surface area contributed by atoms with E-state index in [0.717, 1.165) is 29.6 Å². The third-order valence-corrected chi connectivity index (χ3v) is 7.42. The molecule has 0 amide bonds. The quantitative estimate of drug-likeness (QED) is 0.874. The van der Waals surface area contributed by atoms with E-state index in [1.807, 2.05) is 11.3 Å². The monoisotopic (exact) mass is 311 g/mol. The van der Waals surface area contributed by atoms with Crippen molar-refractivity contribution >= 4 is 27.3 Å². The summed E-state index contributed by atoms with van der Waals surface area (Å²) in [5.41, 5.74) is 6.54. The molecule has 5 unspecified atom stereocenters. The highest BCUT2D eigenvalue weighted by atomic mass is 79.9. The number of thiophene rings is 1. The van der Waals surface area contributed by atoms with Crippen LogP contribution in [0.5, 0.6) is 0 Å². The standard InChI is InChI=1S/C14H18BrNS/c1-6-4-9(15)14(17-6)13(16)12-10-7-2-3-8(5-7)11(10)12/h4,7-8,10-13H,2-3,5,16H2,1H3. The van der Waals surface area contributed by atoms with Crippen LogP contribution in [-0.2, 0) is 0 Å². The third-order valence-electron chi connectivity index (χ3n) is 5.35. The van der Waals surface area contributed by atoms with Gasteiger partial charge in [0, 0.05) is 20.3 Å². The van der Waals surface area contributed by atoms with Gasteiger partial charge < -0.3 is 5.73 Å². The summed E-state index contributed by atoms with van der Waals surface area (Å²) in [5, 5.41) is 0. The SMILES string of the molecule is Cc1cc(Br)c(C(N)C2C3C4CCC(C4)C32)s1. The van der Waals surface area contributed by atoms with Gasteiger partial charge in [-0.2, -0.15) is 0 Å². The molecule has 92 valence electrons. The number of hydrogen-bond donors (Lipinski definition) is 1. The van der Waals surface area contributed by atoms with Crippen molar-refractivity contribution in [3.8, 4) is 0 Å². The zero-order valence-electron chi connectivity index (χ0n) is 10.0. The van der Waals surface area contributed by atoms with Gasteiger partial charge in [0.15, 0.2) is 0 Å². The second kappa shape index (κ2) is 3.58. The fourth-order valence-corrected chi connectivity index (χ4v) is 6.75. The van der Waals surface area contributed by atoms with E-state index in [1.165, 1.54) is 33.5 Å². The lowest BCUT2D eigenvalue weighted by molar-refractivity contribution is 0.420. The Kier molecular flexibility index (Phi) is 2.32. The molecule has 3 saturated carbocycles. The number of aryl methyl sites for hydroxylation is 1. The Labute approximate surface area is 115 Å². The second-order valence-corrected chi connectivity index (χ2v) is 8.30. The highest BCUT2D eigenvalue weighted by Crippen LogP contribution is 2.72. The van der Waals surface area contributed by atoms with Crippen molar-refractivity contribution in [3.05, 3.63) is 20.3 Å². The molecule has 2 N–H and O–H groups in total. The Hall–Kier alpha value is 0.140. The topological polar surface area (TPSA) is 26.0 Å². The van der Waals surface area contributed by atoms with Gasteiger partial charge in [-0.25, -0.2) is 0 Å². The third kappa shape index (κ3) is 1.45. The number of hydrogen-bond acceptors (Lipinski definition) is 2. The van der Waals surface area contributed by atoms with Gasteiger partial charge in [0.1, 0.15) is 0 Å². The minimum absolute atomic E-state index is 0.293. The van der Waals surface area contributed by atoms with Gasteiger partial charge in [-0.05, 0) is 77.8 Å². The molecule has 17 heavy (non-hydrogen) atoms. The van der Waals surface area contributed by atoms with Gasteiger partial charge in [0.05, 0.1) is 0 Å². The van der Waals surface area contributed by atoms with Crippen LogP contribution in [0, 0.1) is 36.5 Å². The molecule has 5 atom stereocenters. The van der Waals surface area contributed by atoms with E-state index >= 15 is 0 Å². The first-order chi connectivity index (χ1) is 8.16. The fourth-order valence-electron chi connectivity index (χ4n) is 4.78. The molecule has 0 radical (unpaired) electrons. The van der Waals surface area contributed by atoms with Crippen LogP contribution < -0.4 is 5.73 Å². The maximum absolute atomic E-state index is 6.54. The molecule has 3 fully saturated rings. The highest BCUT2D eigenvalue weighted by Gasteiger charge is 2.66. The first kappa shape index (κ1) is 11.0. The predicted octanol–water partition coefficient (Wildman–Crippen LogP) is 4.11. The first-order valence-electron chi connectivity index (χ1n) is 6.68. The smallest absolute Gasteiger partial charge is 0.0435 e. The average molecular weight is 312 g/mol. The van der Waals surface area contributed by atoms with Crippen molar-refractivity contribution in [2.45, 2.75) is 32.2 Å². The Morgan fingerprint density at radius 3 is 2.53 bits per heavy atom. The van der Waals surface area contributed by atoms with Crippen LogP contribution in [0.3, 0.4) is 0 Å². The minimum atomic E-state index is 0.293. The zero-order chi connectivity index (χ0) is 11.7. The summed E-state index contributed by atoms with van der Waals surface area (Å²) >= 11 is 5.55. The summed E-state index contributed by atoms with van der Waals surface area (Å²) in [5.74, 6) is 4.83. The van der Waals surface area contributed by atoms with E-state index in [4.69, 9.17) is 5.73 Å². The van der Waals surface area contributed by atoms with Gasteiger partial charge in [-0.15, -0.1) is 11.3 Å². The molecule has 1 nitrogen and oxygen atoms in total. The molecule has 0 saturated heterocycles. The number of nitrogens with two attached hydrogens (primary N) is 1. The molecule has 0 spiro atoms. The predicted molar refractivity (Wildman–Crippen MR) is 75.0 cm³/mol. The molecule has 4 rings (SSSR count). The zero-order valence-corrected chi connectivity index (χ0v) is 12.4. The van der Waals surface area contributed by atoms with Gasteiger partial charge in [0.2, 0.25) is 0 Å². The summed E-state index contributed by atoms with van der Waals surface area (Å²) in [4.78, 5) is 2.76. The molecule has 1 heterocycles. The summed E-state index contributed by atoms with van der Waals surface area (Å²) in [6.45, 7) is 2.17. The molecule has 2 bridgehead atoms. The van der Waals surface area contributed by atoms with E-state index in [1.54, 1.807) is 0 Å². The summed E-state index contributed by atoms with van der Waals surface area (Å²) in [6, 6.07) is 2.51. The Bertz CT molecular complexity index is 453. The summed E-state index contributed by atoms with van der Waals surface area (Å²) < 4.78 is 1.24. The van der Waals surface area contributed by atoms with Crippen molar-refractivity contribution < 1.29 is 0 Å². The number of fused-ring (bicyclic) bond motifs is 5. The van der Waals surface area contributed by atoms with Crippen LogP contribution >= 0.6 is 27.3 Å². The van der Waals surface area contributed by atoms with E-state index in [0.29, 0.717) is 6.04 Å². The highest BCUT2D eigenvalue weighted by molar-refractivity contribution is 9.10. The molecule has 0 aromatic carbocycles. The van der Waals surface area contributed by atoms with E-state index < -0.39 is 0 Å². The van der Waals surface area contributed by atoms with Crippen LogP contribution in [-0.4, -0.2) is 0 Å². The van der Waals surface area contributed by atoms with E-state index in [9.17, 15) is 0 Å². The van der Waals surface area contributed by atoms with Crippen molar-refractivity contribution in [2.24, 2.45) is 35.3 Å². The molecular formula is C14H18BrNS. The fraction of sp³-hybridized carbons (Fsp3) is 0.714. The number of rotatable bonds is 2. The van der Waals surface area contributed by atoms with Crippen molar-refractivity contribution in [3.63, 3.8) is 0 Å². The van der Waals surface area contributed by atoms with E-state index in [-0.39, 0.29) is 0 Å². The van der Waals surface area contributed by atoms with Gasteiger partial charge in [-0.3, -0.25) is 0 Å². The number of halogens is 1. The van der Waals surface area contributed by atoms with Crippen LogP contribution in [0.15, 0.2) is 10.5 Å². The van der Waals surface area contributed by atoms with E-state index in [2.05, 4.69) is 28.9 Å². The van der Waals surface area contributed by atoms with Gasteiger partial charge in [-0.1, -0.05) is 0 Å². The van der Waals surface area contributed by atoms with Crippen molar-refractivity contribution in [1.82, 2.24) is 0 Å². The van der Waals surface area contributed by atoms with Gasteiger partial charge in [0.25, 0.3) is 0 Å². The molecule has 3 aliphatic rings. The summed E-state index contributed by atoms with van der Waals surface area (Å²) in [6.07, 6.45) is 4.49. The maximum Gasteiger partial charge on any atom is 0.0435 e. The maximum atomic E-state index is 6.54. The lowest BCUT2D eigenvalue weighted by Gasteiger charge is -2.15. The molecule has 3 aliphatic carbocycles. The Morgan fingerprint density at radius 1 is 1.35 bits per heavy atom. The average Bonchev–Trinajstić information content (AvgIpc) is 2.59. The Balaban J connectivity index is 1.59. The largest absolute Gasteiger partial charge is 0.323 e.